The zero-order valence-electron chi connectivity index (χ0n) is 6.55. The Labute approximate surface area is 71.0 Å². The number of carbonyl (C=O) groups is 1. The maximum absolute atomic E-state index is 12.0. The van der Waals surface area contributed by atoms with Crippen LogP contribution in [0, 0.1) is 0 Å². The molecule has 74 valence electrons. The van der Waals surface area contributed by atoms with E-state index in [1.807, 2.05) is 0 Å². The largest absolute Gasteiger partial charge is 0.478 e. The van der Waals surface area contributed by atoms with Crippen molar-refractivity contribution in [3.63, 3.8) is 0 Å². The van der Waals surface area contributed by atoms with Gasteiger partial charge in [0.05, 0.1) is 6.42 Å². The summed E-state index contributed by atoms with van der Waals surface area (Å²) in [5, 5.41) is 11.2. The lowest BCUT2D eigenvalue weighted by Gasteiger charge is -2.14. The Morgan fingerprint density at radius 3 is 2.46 bits per heavy atom. The second kappa shape index (κ2) is 2.61. The summed E-state index contributed by atoms with van der Waals surface area (Å²) in [5.41, 5.74) is -3.08. The van der Waals surface area contributed by atoms with E-state index in [0.717, 1.165) is 6.92 Å². The van der Waals surface area contributed by atoms with E-state index >= 15 is 0 Å². The number of carboxylic acids is 1. The Balaban J connectivity index is 2.77. The van der Waals surface area contributed by atoms with Crippen LogP contribution in [0.5, 0.6) is 0 Å². The highest BCUT2D eigenvalue weighted by molar-refractivity contribution is 5.96. The molecule has 0 aromatic heterocycles. The van der Waals surface area contributed by atoms with Crippen LogP contribution in [0.2, 0.25) is 0 Å². The average molecular weight is 197 g/mol. The number of rotatable bonds is 1. The summed E-state index contributed by atoms with van der Waals surface area (Å²) >= 11 is 0. The molecule has 0 radical (unpaired) electrons. The lowest BCUT2D eigenvalue weighted by Crippen LogP contribution is -2.37. The second-order valence-corrected chi connectivity index (χ2v) is 2.84. The molecule has 0 amide bonds. The van der Waals surface area contributed by atoms with Gasteiger partial charge >= 0.3 is 12.1 Å². The van der Waals surface area contributed by atoms with E-state index in [9.17, 15) is 18.0 Å². The van der Waals surface area contributed by atoms with Crippen molar-refractivity contribution in [1.29, 1.82) is 0 Å². The molecule has 1 aliphatic rings. The van der Waals surface area contributed by atoms with Gasteiger partial charge in [-0.15, -0.1) is 0 Å². The molecule has 1 atom stereocenters. The fraction of sp³-hybridized carbons (Fsp3) is 0.667. The highest BCUT2D eigenvalue weighted by Gasteiger charge is 2.50. The number of carboxylic acid groups (broad SMARTS) is 1. The minimum absolute atomic E-state index is 0.758. The maximum atomic E-state index is 12.0. The molecule has 1 heterocycles. The molecule has 7 heteroatoms. The minimum Gasteiger partial charge on any atom is -0.478 e. The molecule has 1 rings (SSSR count). The van der Waals surface area contributed by atoms with Crippen LogP contribution in [0.25, 0.3) is 0 Å². The van der Waals surface area contributed by atoms with E-state index in [1.54, 1.807) is 0 Å². The summed E-state index contributed by atoms with van der Waals surface area (Å²) in [7, 11) is 0. The second-order valence-electron chi connectivity index (χ2n) is 2.84. The first-order valence-corrected chi connectivity index (χ1v) is 3.31. The van der Waals surface area contributed by atoms with Gasteiger partial charge in [0.25, 0.3) is 0 Å². The van der Waals surface area contributed by atoms with E-state index < -0.39 is 29.9 Å². The highest BCUT2D eigenvalue weighted by atomic mass is 19.4. The quantitative estimate of drug-likeness (QED) is 0.686. The zero-order chi connectivity index (χ0) is 10.3. The number of hydrogen-bond donors (Lipinski definition) is 1. The van der Waals surface area contributed by atoms with Crippen LogP contribution < -0.4 is 0 Å². The van der Waals surface area contributed by atoms with Gasteiger partial charge < -0.3 is 9.94 Å². The average Bonchev–Trinajstić information content (AvgIpc) is 2.31. The fourth-order valence-electron chi connectivity index (χ4n) is 0.807. The maximum Gasteiger partial charge on any atom is 0.432 e. The Kier molecular flexibility index (Phi) is 1.97. The van der Waals surface area contributed by atoms with E-state index in [0.29, 0.717) is 0 Å². The van der Waals surface area contributed by atoms with Gasteiger partial charge in [0.1, 0.15) is 0 Å². The first kappa shape index (κ1) is 9.82. The van der Waals surface area contributed by atoms with Crippen molar-refractivity contribution in [3.8, 4) is 0 Å². The van der Waals surface area contributed by atoms with Gasteiger partial charge in [-0.05, 0) is 6.92 Å². The van der Waals surface area contributed by atoms with Gasteiger partial charge in [0.2, 0.25) is 5.60 Å². The summed E-state index contributed by atoms with van der Waals surface area (Å²) in [6.07, 6.45) is -5.38. The van der Waals surface area contributed by atoms with Crippen molar-refractivity contribution in [2.24, 2.45) is 5.16 Å². The fourth-order valence-corrected chi connectivity index (χ4v) is 0.807. The van der Waals surface area contributed by atoms with Crippen molar-refractivity contribution in [2.75, 3.05) is 0 Å². The van der Waals surface area contributed by atoms with Crippen LogP contribution in [0.4, 0.5) is 13.2 Å². The van der Waals surface area contributed by atoms with Crippen LogP contribution in [0.1, 0.15) is 13.3 Å². The Hall–Kier alpha value is -1.27. The van der Waals surface area contributed by atoms with Gasteiger partial charge in [-0.1, -0.05) is 5.16 Å². The van der Waals surface area contributed by atoms with Gasteiger partial charge in [0.15, 0.2) is 5.71 Å². The first-order valence-electron chi connectivity index (χ1n) is 3.31. The van der Waals surface area contributed by atoms with E-state index in [4.69, 9.17) is 5.11 Å². The summed E-state index contributed by atoms with van der Waals surface area (Å²) < 4.78 is 35.9. The lowest BCUT2D eigenvalue weighted by atomic mass is 10.0. The molecule has 1 N–H and O–H groups in total. The van der Waals surface area contributed by atoms with Crippen LogP contribution in [0.15, 0.2) is 5.16 Å². The number of aliphatic carboxylic acids is 1. The predicted molar refractivity (Wildman–Crippen MR) is 35.2 cm³/mol. The molecule has 0 spiro atoms. The van der Waals surface area contributed by atoms with E-state index in [2.05, 4.69) is 9.99 Å². The molecule has 0 saturated heterocycles. The van der Waals surface area contributed by atoms with Gasteiger partial charge in [-0.3, -0.25) is 0 Å². The Bertz CT molecular complexity index is 273. The number of nitrogens with zero attached hydrogens (tertiary/aromatic N) is 1. The topological polar surface area (TPSA) is 58.9 Å². The van der Waals surface area contributed by atoms with Crippen LogP contribution in [-0.2, 0) is 9.63 Å². The van der Waals surface area contributed by atoms with Crippen molar-refractivity contribution in [2.45, 2.75) is 25.1 Å². The third-order valence-electron chi connectivity index (χ3n) is 1.64. The molecule has 1 aliphatic heterocycles. The first-order chi connectivity index (χ1) is 5.76. The Morgan fingerprint density at radius 2 is 2.23 bits per heavy atom. The summed E-state index contributed by atoms with van der Waals surface area (Å²) in [4.78, 5) is 14.6. The van der Waals surface area contributed by atoms with Crippen molar-refractivity contribution in [3.05, 3.63) is 0 Å². The molecule has 13 heavy (non-hydrogen) atoms. The van der Waals surface area contributed by atoms with Crippen LogP contribution in [0.3, 0.4) is 0 Å². The van der Waals surface area contributed by atoms with Crippen molar-refractivity contribution >= 4 is 11.7 Å². The monoisotopic (exact) mass is 197 g/mol. The minimum atomic E-state index is -4.62. The smallest absolute Gasteiger partial charge is 0.432 e. The van der Waals surface area contributed by atoms with Crippen LogP contribution >= 0.6 is 0 Å². The number of halogens is 3. The Morgan fingerprint density at radius 1 is 1.69 bits per heavy atom. The third kappa shape index (κ3) is 1.73. The van der Waals surface area contributed by atoms with Gasteiger partial charge in [0, 0.05) is 0 Å². The molecule has 4 nitrogen and oxygen atoms in total. The molecule has 0 aliphatic carbocycles. The molecule has 0 aromatic carbocycles. The zero-order valence-corrected chi connectivity index (χ0v) is 6.55. The summed E-state index contributed by atoms with van der Waals surface area (Å²) in [6, 6.07) is 0. The summed E-state index contributed by atoms with van der Waals surface area (Å²) in [5.74, 6) is -1.46. The number of hydrogen-bond acceptors (Lipinski definition) is 3. The molecule has 0 saturated carbocycles. The van der Waals surface area contributed by atoms with Crippen molar-refractivity contribution < 1.29 is 27.9 Å². The van der Waals surface area contributed by atoms with E-state index in [1.165, 1.54) is 0 Å². The van der Waals surface area contributed by atoms with Crippen LogP contribution in [-0.4, -0.2) is 28.6 Å². The van der Waals surface area contributed by atoms with Gasteiger partial charge in [-0.25, -0.2) is 4.79 Å². The SMILES string of the molecule is CC1(C(=O)O)CC(C(F)(F)F)=NO1. The summed E-state index contributed by atoms with van der Waals surface area (Å²) in [6.45, 7) is 1.04. The molecule has 0 aromatic rings. The lowest BCUT2D eigenvalue weighted by molar-refractivity contribution is -0.160. The van der Waals surface area contributed by atoms with E-state index in [-0.39, 0.29) is 0 Å². The predicted octanol–water partition coefficient (Wildman–Crippen LogP) is 1.17. The number of oxime groups is 1. The van der Waals surface area contributed by atoms with Crippen molar-refractivity contribution in [1.82, 2.24) is 0 Å². The molecule has 1 unspecified atom stereocenters. The normalized spacial score (nSPS) is 28.2. The highest BCUT2D eigenvalue weighted by Crippen LogP contribution is 2.31. The number of alkyl halides is 3. The third-order valence-corrected chi connectivity index (χ3v) is 1.64. The molecular weight excluding hydrogens is 191 g/mol. The standard InChI is InChI=1S/C6H6F3NO3/c1-5(4(11)12)2-3(10-13-5)6(7,8)9/h2H2,1H3,(H,11,12). The van der Waals surface area contributed by atoms with Gasteiger partial charge in [-0.2, -0.15) is 13.2 Å². The molecule has 0 bridgehead atoms. The molecular formula is C6H6F3NO3. The molecule has 0 fully saturated rings.